The van der Waals surface area contributed by atoms with Crippen molar-refractivity contribution in [2.75, 3.05) is 12.3 Å². The van der Waals surface area contributed by atoms with Gasteiger partial charge in [0, 0.05) is 12.6 Å². The molecule has 0 bridgehead atoms. The first-order valence-electron chi connectivity index (χ1n) is 5.25. The molecule has 1 aromatic rings. The van der Waals surface area contributed by atoms with Crippen LogP contribution in [0, 0.1) is 0 Å². The van der Waals surface area contributed by atoms with Crippen LogP contribution in [-0.2, 0) is 9.84 Å². The third-order valence-electron chi connectivity index (χ3n) is 2.43. The van der Waals surface area contributed by atoms with Crippen molar-refractivity contribution in [3.8, 4) is 0 Å². The molecular formula is C10H15NO3S2. The number of aliphatic hydroxyl groups excluding tert-OH is 1. The Hall–Kier alpha value is -0.430. The molecular weight excluding hydrogens is 246 g/mol. The summed E-state index contributed by atoms with van der Waals surface area (Å²) in [5, 5.41) is 14.5. The van der Waals surface area contributed by atoms with E-state index in [2.05, 4.69) is 5.32 Å². The molecule has 0 radical (unpaired) electrons. The molecule has 1 atom stereocenters. The van der Waals surface area contributed by atoms with Crippen LogP contribution < -0.4 is 5.32 Å². The minimum atomic E-state index is -3.32. The molecule has 1 aromatic heterocycles. The molecule has 4 nitrogen and oxygen atoms in total. The van der Waals surface area contributed by atoms with Crippen LogP contribution in [-0.4, -0.2) is 38.0 Å². The second-order valence-corrected chi connectivity index (χ2v) is 7.26. The van der Waals surface area contributed by atoms with E-state index in [0.717, 1.165) is 12.8 Å². The van der Waals surface area contributed by atoms with Gasteiger partial charge in [0.15, 0.2) is 9.84 Å². The lowest BCUT2D eigenvalue weighted by atomic mass is 10.4. The number of thiophene rings is 1. The van der Waals surface area contributed by atoms with Gasteiger partial charge < -0.3 is 10.4 Å². The molecule has 1 saturated carbocycles. The van der Waals surface area contributed by atoms with Gasteiger partial charge in [-0.3, -0.25) is 0 Å². The average molecular weight is 261 g/mol. The Labute approximate surface area is 99.2 Å². The van der Waals surface area contributed by atoms with Crippen molar-refractivity contribution >= 4 is 21.2 Å². The van der Waals surface area contributed by atoms with Crippen LogP contribution in [0.15, 0.2) is 21.7 Å². The summed E-state index contributed by atoms with van der Waals surface area (Å²) < 4.78 is 23.9. The molecule has 1 unspecified atom stereocenters. The molecule has 90 valence electrons. The summed E-state index contributed by atoms with van der Waals surface area (Å²) in [6.45, 7) is 0.356. The normalized spacial score (nSPS) is 18.6. The Kier molecular flexibility index (Phi) is 3.63. The van der Waals surface area contributed by atoms with E-state index in [0.29, 0.717) is 16.8 Å². The highest BCUT2D eigenvalue weighted by atomic mass is 32.2. The van der Waals surface area contributed by atoms with Gasteiger partial charge in [0.1, 0.15) is 4.21 Å². The predicted octanol–water partition coefficient (Wildman–Crippen LogP) is 0.635. The van der Waals surface area contributed by atoms with Crippen LogP contribution in [0.25, 0.3) is 0 Å². The molecule has 2 N–H and O–H groups in total. The van der Waals surface area contributed by atoms with Crippen molar-refractivity contribution in [3.63, 3.8) is 0 Å². The first kappa shape index (κ1) is 12.0. The zero-order chi connectivity index (χ0) is 11.6. The molecule has 2 rings (SSSR count). The van der Waals surface area contributed by atoms with Crippen molar-refractivity contribution in [1.82, 2.24) is 5.32 Å². The lowest BCUT2D eigenvalue weighted by Gasteiger charge is -2.10. The topological polar surface area (TPSA) is 66.4 Å². The van der Waals surface area contributed by atoms with Crippen LogP contribution in [0.3, 0.4) is 0 Å². The first-order chi connectivity index (χ1) is 7.58. The summed E-state index contributed by atoms with van der Waals surface area (Å²) in [4.78, 5) is 0. The Morgan fingerprint density at radius 2 is 2.31 bits per heavy atom. The highest BCUT2D eigenvalue weighted by Crippen LogP contribution is 2.20. The summed E-state index contributed by atoms with van der Waals surface area (Å²) in [5.74, 6) is -0.201. The SMILES string of the molecule is O=S(=O)(CC(O)CNC1CC1)c1cccs1. The summed E-state index contributed by atoms with van der Waals surface area (Å²) in [7, 11) is -3.32. The van der Waals surface area contributed by atoms with Gasteiger partial charge in [0.05, 0.1) is 11.9 Å². The molecule has 1 aliphatic rings. The van der Waals surface area contributed by atoms with Gasteiger partial charge in [0.25, 0.3) is 0 Å². The van der Waals surface area contributed by atoms with Crippen LogP contribution in [0.5, 0.6) is 0 Å². The second-order valence-electron chi connectivity index (χ2n) is 4.05. The zero-order valence-electron chi connectivity index (χ0n) is 8.80. The monoisotopic (exact) mass is 261 g/mol. The molecule has 0 amide bonds. The Morgan fingerprint density at radius 1 is 1.56 bits per heavy atom. The van der Waals surface area contributed by atoms with Crippen LogP contribution in [0.2, 0.25) is 0 Å². The van der Waals surface area contributed by atoms with E-state index in [1.165, 1.54) is 11.3 Å². The standard InChI is InChI=1S/C10H15NO3S2/c12-9(6-11-8-3-4-8)7-16(13,14)10-2-1-5-15-10/h1-2,5,8-9,11-12H,3-4,6-7H2. The highest BCUT2D eigenvalue weighted by Gasteiger charge is 2.24. The molecule has 1 fully saturated rings. The predicted molar refractivity (Wildman–Crippen MR) is 63.4 cm³/mol. The maximum atomic E-state index is 11.8. The lowest BCUT2D eigenvalue weighted by molar-refractivity contribution is 0.193. The third kappa shape index (κ3) is 3.28. The van der Waals surface area contributed by atoms with Crippen molar-refractivity contribution < 1.29 is 13.5 Å². The summed E-state index contributed by atoms with van der Waals surface area (Å²) >= 11 is 1.19. The van der Waals surface area contributed by atoms with Gasteiger partial charge in [-0.25, -0.2) is 8.42 Å². The maximum Gasteiger partial charge on any atom is 0.190 e. The molecule has 6 heteroatoms. The second kappa shape index (κ2) is 4.83. The average Bonchev–Trinajstić information content (AvgIpc) is 2.85. The van der Waals surface area contributed by atoms with Crippen LogP contribution >= 0.6 is 11.3 Å². The Bertz CT molecular complexity index is 423. The van der Waals surface area contributed by atoms with Crippen molar-refractivity contribution in [2.45, 2.75) is 29.2 Å². The molecule has 1 aliphatic carbocycles. The molecule has 0 aliphatic heterocycles. The Balaban J connectivity index is 1.87. The fourth-order valence-corrected chi connectivity index (χ4v) is 3.91. The van der Waals surface area contributed by atoms with E-state index < -0.39 is 15.9 Å². The molecule has 16 heavy (non-hydrogen) atoms. The largest absolute Gasteiger partial charge is 0.391 e. The van der Waals surface area contributed by atoms with Gasteiger partial charge in [-0.05, 0) is 24.3 Å². The quantitative estimate of drug-likeness (QED) is 0.788. The molecule has 0 saturated heterocycles. The van der Waals surface area contributed by atoms with E-state index in [1.54, 1.807) is 17.5 Å². The number of hydrogen-bond donors (Lipinski definition) is 2. The summed E-state index contributed by atoms with van der Waals surface area (Å²) in [6.07, 6.45) is 1.43. The van der Waals surface area contributed by atoms with Gasteiger partial charge >= 0.3 is 0 Å². The number of nitrogens with one attached hydrogen (secondary N) is 1. The van der Waals surface area contributed by atoms with E-state index in [4.69, 9.17) is 0 Å². The summed E-state index contributed by atoms with van der Waals surface area (Å²) in [6, 6.07) is 3.76. The van der Waals surface area contributed by atoms with Gasteiger partial charge in [-0.15, -0.1) is 11.3 Å². The minimum Gasteiger partial charge on any atom is -0.391 e. The van der Waals surface area contributed by atoms with Crippen molar-refractivity contribution in [1.29, 1.82) is 0 Å². The number of hydrogen-bond acceptors (Lipinski definition) is 5. The lowest BCUT2D eigenvalue weighted by Crippen LogP contribution is -2.33. The van der Waals surface area contributed by atoms with Crippen LogP contribution in [0.4, 0.5) is 0 Å². The maximum absolute atomic E-state index is 11.8. The third-order valence-corrected chi connectivity index (χ3v) is 5.72. The smallest absolute Gasteiger partial charge is 0.190 e. The first-order valence-corrected chi connectivity index (χ1v) is 7.79. The van der Waals surface area contributed by atoms with Crippen molar-refractivity contribution in [3.05, 3.63) is 17.5 Å². The molecule has 1 heterocycles. The van der Waals surface area contributed by atoms with E-state index >= 15 is 0 Å². The fraction of sp³-hybridized carbons (Fsp3) is 0.600. The molecule has 0 spiro atoms. The van der Waals surface area contributed by atoms with Gasteiger partial charge in [0.2, 0.25) is 0 Å². The Morgan fingerprint density at radius 3 is 2.88 bits per heavy atom. The van der Waals surface area contributed by atoms with E-state index in [1.807, 2.05) is 0 Å². The van der Waals surface area contributed by atoms with Gasteiger partial charge in [-0.1, -0.05) is 6.07 Å². The number of rotatable bonds is 6. The number of sulfone groups is 1. The minimum absolute atomic E-state index is 0.201. The zero-order valence-corrected chi connectivity index (χ0v) is 10.4. The van der Waals surface area contributed by atoms with Crippen LogP contribution in [0.1, 0.15) is 12.8 Å². The van der Waals surface area contributed by atoms with E-state index in [-0.39, 0.29) is 5.75 Å². The van der Waals surface area contributed by atoms with E-state index in [9.17, 15) is 13.5 Å². The summed E-state index contributed by atoms with van der Waals surface area (Å²) in [5.41, 5.74) is 0. The van der Waals surface area contributed by atoms with Gasteiger partial charge in [-0.2, -0.15) is 0 Å². The fourth-order valence-electron chi connectivity index (χ4n) is 1.42. The highest BCUT2D eigenvalue weighted by molar-refractivity contribution is 7.93. The molecule has 0 aromatic carbocycles. The van der Waals surface area contributed by atoms with Crippen molar-refractivity contribution in [2.24, 2.45) is 0 Å². The number of aliphatic hydroxyl groups is 1.